The molecule has 0 aliphatic rings. The molecule has 0 radical (unpaired) electrons. The number of hydrogen-bond donors (Lipinski definition) is 1. The quantitative estimate of drug-likeness (QED) is 0.785. The van der Waals surface area contributed by atoms with Crippen LogP contribution >= 0.6 is 0 Å². The first-order valence-corrected chi connectivity index (χ1v) is 8.10. The second-order valence-corrected chi connectivity index (χ2v) is 6.63. The van der Waals surface area contributed by atoms with Gasteiger partial charge in [-0.3, -0.25) is 4.79 Å². The average Bonchev–Trinajstić information content (AvgIpc) is 2.82. The second-order valence-electron chi connectivity index (χ2n) is 6.63. The topological polar surface area (TPSA) is 49.0 Å². The van der Waals surface area contributed by atoms with E-state index in [0.717, 1.165) is 33.2 Å². The van der Waals surface area contributed by atoms with Crippen molar-refractivity contribution in [3.05, 3.63) is 41.6 Å². The van der Waals surface area contributed by atoms with E-state index in [0.29, 0.717) is 0 Å². The van der Waals surface area contributed by atoms with Crippen molar-refractivity contribution in [1.29, 1.82) is 0 Å². The number of nitrogens with zero attached hydrogens (tertiary/aromatic N) is 2. The van der Waals surface area contributed by atoms with Crippen molar-refractivity contribution in [2.75, 3.05) is 0 Å². The molecule has 1 amide bonds. The number of aryl methyl sites for hydroxylation is 1. The fourth-order valence-corrected chi connectivity index (χ4v) is 3.22. The van der Waals surface area contributed by atoms with Crippen molar-refractivity contribution in [2.45, 2.75) is 46.7 Å². The first-order valence-electron chi connectivity index (χ1n) is 8.10. The Morgan fingerprint density at radius 3 is 2.39 bits per heavy atom. The van der Waals surface area contributed by atoms with Crippen LogP contribution in [0.3, 0.4) is 0 Å². The Bertz CT molecular complexity index is 869. The van der Waals surface area contributed by atoms with E-state index in [4.69, 9.17) is 0 Å². The van der Waals surface area contributed by atoms with Gasteiger partial charge in [0.1, 0.15) is 5.65 Å². The van der Waals surface area contributed by atoms with E-state index in [9.17, 15) is 4.79 Å². The lowest BCUT2D eigenvalue weighted by Crippen LogP contribution is -2.42. The molecule has 3 aromatic rings. The van der Waals surface area contributed by atoms with Crippen LogP contribution in [0.1, 0.15) is 43.7 Å². The summed E-state index contributed by atoms with van der Waals surface area (Å²) in [5.41, 5.74) is 3.58. The van der Waals surface area contributed by atoms with Crippen molar-refractivity contribution in [3.63, 3.8) is 0 Å². The third kappa shape index (κ3) is 2.69. The van der Waals surface area contributed by atoms with E-state index < -0.39 is 0 Å². The number of H-pyrrole nitrogens is 1. The summed E-state index contributed by atoms with van der Waals surface area (Å²) >= 11 is 0. The zero-order chi connectivity index (χ0) is 16.7. The van der Waals surface area contributed by atoms with Crippen LogP contribution in [0.5, 0.6) is 0 Å². The molecular formula is C19H23N3O. The summed E-state index contributed by atoms with van der Waals surface area (Å²) < 4.78 is 0. The molecule has 2 aromatic heterocycles. The maximum absolute atomic E-state index is 12.9. The number of carbonyl (C=O) groups is 1. The zero-order valence-corrected chi connectivity index (χ0v) is 14.3. The van der Waals surface area contributed by atoms with Gasteiger partial charge in [0, 0.05) is 39.6 Å². The highest BCUT2D eigenvalue weighted by Crippen LogP contribution is 2.26. The van der Waals surface area contributed by atoms with Crippen molar-refractivity contribution < 1.29 is 4.79 Å². The fourth-order valence-electron chi connectivity index (χ4n) is 3.22. The molecular weight excluding hydrogens is 286 g/mol. The Labute approximate surface area is 136 Å². The number of aromatic nitrogens is 2. The molecule has 2 heterocycles. The van der Waals surface area contributed by atoms with Gasteiger partial charge in [-0.2, -0.15) is 0 Å². The molecule has 0 saturated carbocycles. The molecule has 0 saturated heterocycles. The van der Waals surface area contributed by atoms with Gasteiger partial charge in [0.2, 0.25) is 0 Å². The Hall–Kier alpha value is -2.36. The Kier molecular flexibility index (Phi) is 3.84. The molecule has 0 unspecified atom stereocenters. The highest BCUT2D eigenvalue weighted by atomic mass is 16.2. The SMILES string of the molecule is Cc1ccc2c(n1)[nH]c1ccc(C(=O)N(C(C)C)C(C)C)cc12. The molecule has 120 valence electrons. The number of nitrogens with one attached hydrogen (secondary N) is 1. The number of amides is 1. The lowest BCUT2D eigenvalue weighted by atomic mass is 10.1. The van der Waals surface area contributed by atoms with E-state index in [-0.39, 0.29) is 18.0 Å². The van der Waals surface area contributed by atoms with Gasteiger partial charge < -0.3 is 9.88 Å². The van der Waals surface area contributed by atoms with Crippen LogP contribution in [0.4, 0.5) is 0 Å². The maximum Gasteiger partial charge on any atom is 0.254 e. The lowest BCUT2D eigenvalue weighted by Gasteiger charge is -2.30. The molecule has 3 rings (SSSR count). The smallest absolute Gasteiger partial charge is 0.254 e. The van der Waals surface area contributed by atoms with Crippen LogP contribution in [0.2, 0.25) is 0 Å². The number of pyridine rings is 1. The Balaban J connectivity index is 2.12. The Morgan fingerprint density at radius 2 is 1.74 bits per heavy atom. The molecule has 4 nitrogen and oxygen atoms in total. The van der Waals surface area contributed by atoms with E-state index >= 15 is 0 Å². The van der Waals surface area contributed by atoms with Crippen LogP contribution in [-0.2, 0) is 0 Å². The predicted molar refractivity (Wildman–Crippen MR) is 94.8 cm³/mol. The largest absolute Gasteiger partial charge is 0.339 e. The molecule has 0 spiro atoms. The summed E-state index contributed by atoms with van der Waals surface area (Å²) in [4.78, 5) is 22.7. The number of benzene rings is 1. The summed E-state index contributed by atoms with van der Waals surface area (Å²) in [6.45, 7) is 10.2. The van der Waals surface area contributed by atoms with Gasteiger partial charge in [0.05, 0.1) is 0 Å². The molecule has 0 atom stereocenters. The van der Waals surface area contributed by atoms with Crippen LogP contribution in [0.25, 0.3) is 21.9 Å². The van der Waals surface area contributed by atoms with Crippen LogP contribution < -0.4 is 0 Å². The molecule has 0 fully saturated rings. The molecule has 1 aromatic carbocycles. The predicted octanol–water partition coefficient (Wildman–Crippen LogP) is 4.28. The summed E-state index contributed by atoms with van der Waals surface area (Å²) in [6.07, 6.45) is 0. The molecule has 0 aliphatic heterocycles. The second kappa shape index (κ2) is 5.69. The average molecular weight is 309 g/mol. The fraction of sp³-hybridized carbons (Fsp3) is 0.368. The van der Waals surface area contributed by atoms with Gasteiger partial charge in [-0.15, -0.1) is 0 Å². The van der Waals surface area contributed by atoms with E-state index in [2.05, 4.69) is 43.7 Å². The van der Waals surface area contributed by atoms with Gasteiger partial charge in [0.15, 0.2) is 0 Å². The van der Waals surface area contributed by atoms with Crippen molar-refractivity contribution in [2.24, 2.45) is 0 Å². The number of hydrogen-bond acceptors (Lipinski definition) is 2. The van der Waals surface area contributed by atoms with E-state index in [1.54, 1.807) is 0 Å². The lowest BCUT2D eigenvalue weighted by molar-refractivity contribution is 0.0644. The van der Waals surface area contributed by atoms with Crippen LogP contribution in [-0.4, -0.2) is 32.9 Å². The summed E-state index contributed by atoms with van der Waals surface area (Å²) in [5.74, 6) is 0.0753. The number of rotatable bonds is 3. The summed E-state index contributed by atoms with van der Waals surface area (Å²) in [6, 6.07) is 10.2. The van der Waals surface area contributed by atoms with Gasteiger partial charge >= 0.3 is 0 Å². The summed E-state index contributed by atoms with van der Waals surface area (Å²) in [5, 5.41) is 2.10. The van der Waals surface area contributed by atoms with Gasteiger partial charge in [-0.25, -0.2) is 4.98 Å². The van der Waals surface area contributed by atoms with Crippen LogP contribution in [0.15, 0.2) is 30.3 Å². The third-order valence-corrected chi connectivity index (χ3v) is 4.19. The van der Waals surface area contributed by atoms with E-state index in [1.165, 1.54) is 0 Å². The van der Waals surface area contributed by atoms with Gasteiger partial charge in [0.25, 0.3) is 5.91 Å². The minimum atomic E-state index is 0.0753. The van der Waals surface area contributed by atoms with Gasteiger partial charge in [-0.1, -0.05) is 0 Å². The van der Waals surface area contributed by atoms with E-state index in [1.807, 2.05) is 36.1 Å². The molecule has 0 bridgehead atoms. The Morgan fingerprint density at radius 1 is 1.04 bits per heavy atom. The third-order valence-electron chi connectivity index (χ3n) is 4.19. The number of fused-ring (bicyclic) bond motifs is 3. The number of aromatic amines is 1. The minimum Gasteiger partial charge on any atom is -0.339 e. The highest BCUT2D eigenvalue weighted by molar-refractivity contribution is 6.09. The molecule has 4 heteroatoms. The van der Waals surface area contributed by atoms with Crippen molar-refractivity contribution in [3.8, 4) is 0 Å². The monoisotopic (exact) mass is 309 g/mol. The summed E-state index contributed by atoms with van der Waals surface area (Å²) in [7, 11) is 0. The maximum atomic E-state index is 12.9. The standard InChI is InChI=1S/C19H23N3O/c1-11(2)22(12(3)4)19(23)14-7-9-17-16(10-14)15-8-6-13(5)20-18(15)21-17/h6-12H,1-5H3,(H,20,21). The van der Waals surface area contributed by atoms with Crippen LogP contribution in [0, 0.1) is 6.92 Å². The normalized spacial score (nSPS) is 11.8. The minimum absolute atomic E-state index is 0.0753. The molecule has 1 N–H and O–H groups in total. The first-order chi connectivity index (χ1) is 10.9. The highest BCUT2D eigenvalue weighted by Gasteiger charge is 2.22. The molecule has 23 heavy (non-hydrogen) atoms. The van der Waals surface area contributed by atoms with Gasteiger partial charge in [-0.05, 0) is 65.0 Å². The van der Waals surface area contributed by atoms with Crippen molar-refractivity contribution >= 4 is 27.8 Å². The zero-order valence-electron chi connectivity index (χ0n) is 14.3. The number of carbonyl (C=O) groups excluding carboxylic acids is 1. The first kappa shape index (κ1) is 15.5. The van der Waals surface area contributed by atoms with Crippen molar-refractivity contribution in [1.82, 2.24) is 14.9 Å². The molecule has 0 aliphatic carbocycles.